The fourth-order valence-electron chi connectivity index (χ4n) is 3.40. The Morgan fingerprint density at radius 3 is 2.03 bits per heavy atom. The Kier molecular flexibility index (Phi) is 9.88. The molecule has 0 spiro atoms. The van der Waals surface area contributed by atoms with Crippen LogP contribution in [0, 0.1) is 6.92 Å². The van der Waals surface area contributed by atoms with E-state index in [1.165, 1.54) is 6.92 Å². The van der Waals surface area contributed by atoms with Gasteiger partial charge in [0.25, 0.3) is 0 Å². The van der Waals surface area contributed by atoms with E-state index in [1.807, 2.05) is 31.2 Å². The number of nitrogens with zero attached hydrogens (tertiary/aromatic N) is 2. The fraction of sp³-hybridized carbons (Fsp3) is 0.308. The van der Waals surface area contributed by atoms with Crippen molar-refractivity contribution in [1.29, 1.82) is 0 Å². The zero-order chi connectivity index (χ0) is 25.9. The maximum atomic E-state index is 12.2. The summed E-state index contributed by atoms with van der Waals surface area (Å²) in [6.07, 6.45) is 0.961. The number of benzene rings is 2. The van der Waals surface area contributed by atoms with Crippen LogP contribution in [-0.4, -0.2) is 53.1 Å². The highest BCUT2D eigenvalue weighted by molar-refractivity contribution is 6.30. The lowest BCUT2D eigenvalue weighted by Gasteiger charge is -2.16. The number of hydrogen-bond donors (Lipinski definition) is 5. The average Bonchev–Trinajstić information content (AvgIpc) is 2.86. The SMILES string of the molecule is CC(=O)NCCNc1nc(-c2ccc(Cl)cc2)nc(NCCNC(=O)CCc2ccc(O)cc2)c1C. The van der Waals surface area contributed by atoms with Crippen LogP contribution in [0.2, 0.25) is 5.02 Å². The van der Waals surface area contributed by atoms with Gasteiger partial charge < -0.3 is 26.4 Å². The molecule has 36 heavy (non-hydrogen) atoms. The topological polar surface area (TPSA) is 128 Å². The minimum atomic E-state index is -0.0921. The van der Waals surface area contributed by atoms with Crippen molar-refractivity contribution >= 4 is 35.1 Å². The van der Waals surface area contributed by atoms with E-state index in [2.05, 4.69) is 31.2 Å². The molecule has 5 N–H and O–H groups in total. The predicted octanol–water partition coefficient (Wildman–Crippen LogP) is 3.52. The molecule has 1 aromatic heterocycles. The standard InChI is InChI=1S/C26H31ClN6O3/c1-17-24(30-15-13-28-18(2)34)32-26(20-6-8-21(27)9-7-20)33-25(17)31-16-14-29-23(36)12-5-19-3-10-22(35)11-4-19/h3-4,6-11,35H,5,12-16H2,1-2H3,(H,28,34)(H,29,36)(H2,30,31,32,33). The maximum absolute atomic E-state index is 12.2. The molecule has 0 unspecified atom stereocenters. The molecule has 2 amide bonds. The first-order chi connectivity index (χ1) is 17.3. The molecule has 0 saturated carbocycles. The van der Waals surface area contributed by atoms with Crippen LogP contribution in [0.15, 0.2) is 48.5 Å². The molecule has 3 rings (SSSR count). The van der Waals surface area contributed by atoms with Gasteiger partial charge in [-0.15, -0.1) is 0 Å². The van der Waals surface area contributed by atoms with Gasteiger partial charge in [-0.1, -0.05) is 23.7 Å². The van der Waals surface area contributed by atoms with Gasteiger partial charge in [-0.25, -0.2) is 9.97 Å². The molecule has 2 aromatic carbocycles. The molecule has 190 valence electrons. The van der Waals surface area contributed by atoms with Crippen molar-refractivity contribution in [2.75, 3.05) is 36.8 Å². The summed E-state index contributed by atoms with van der Waals surface area (Å²) >= 11 is 6.03. The normalized spacial score (nSPS) is 10.5. The van der Waals surface area contributed by atoms with Crippen molar-refractivity contribution in [3.05, 3.63) is 64.7 Å². The number of carbonyl (C=O) groups excluding carboxylic acids is 2. The van der Waals surface area contributed by atoms with Gasteiger partial charge in [0.1, 0.15) is 17.4 Å². The second kappa shape index (κ2) is 13.3. The maximum Gasteiger partial charge on any atom is 0.220 e. The van der Waals surface area contributed by atoms with E-state index in [4.69, 9.17) is 11.6 Å². The van der Waals surface area contributed by atoms with Gasteiger partial charge >= 0.3 is 0 Å². The number of phenolic OH excluding ortho intramolecular Hbond substituents is 1. The number of carbonyl (C=O) groups is 2. The van der Waals surface area contributed by atoms with Gasteiger partial charge in [-0.3, -0.25) is 9.59 Å². The summed E-state index contributed by atoms with van der Waals surface area (Å²) in [4.78, 5) is 32.7. The van der Waals surface area contributed by atoms with Gasteiger partial charge in [-0.05, 0) is 55.3 Å². The number of hydrogen-bond acceptors (Lipinski definition) is 7. The summed E-state index contributed by atoms with van der Waals surface area (Å²) in [7, 11) is 0. The molecular weight excluding hydrogens is 480 g/mol. The van der Waals surface area contributed by atoms with Crippen LogP contribution in [0.3, 0.4) is 0 Å². The van der Waals surface area contributed by atoms with Gasteiger partial charge in [0.15, 0.2) is 5.82 Å². The number of nitrogens with one attached hydrogen (secondary N) is 4. The van der Waals surface area contributed by atoms with Crippen molar-refractivity contribution in [2.45, 2.75) is 26.7 Å². The van der Waals surface area contributed by atoms with Crippen molar-refractivity contribution in [1.82, 2.24) is 20.6 Å². The largest absolute Gasteiger partial charge is 0.508 e. The van der Waals surface area contributed by atoms with E-state index >= 15 is 0 Å². The Morgan fingerprint density at radius 2 is 1.44 bits per heavy atom. The molecule has 3 aromatic rings. The van der Waals surface area contributed by atoms with Crippen molar-refractivity contribution in [3.63, 3.8) is 0 Å². The van der Waals surface area contributed by atoms with E-state index in [-0.39, 0.29) is 17.6 Å². The third-order valence-electron chi connectivity index (χ3n) is 5.36. The molecule has 0 aliphatic heterocycles. The molecule has 0 radical (unpaired) electrons. The summed E-state index contributed by atoms with van der Waals surface area (Å²) in [6, 6.07) is 14.1. The van der Waals surface area contributed by atoms with E-state index in [1.54, 1.807) is 24.3 Å². The zero-order valence-electron chi connectivity index (χ0n) is 20.4. The van der Waals surface area contributed by atoms with Crippen LogP contribution in [0.1, 0.15) is 24.5 Å². The van der Waals surface area contributed by atoms with Crippen LogP contribution in [0.25, 0.3) is 11.4 Å². The molecule has 9 nitrogen and oxygen atoms in total. The van der Waals surface area contributed by atoms with Crippen LogP contribution in [0.4, 0.5) is 11.6 Å². The minimum absolute atomic E-state index is 0.0496. The lowest BCUT2D eigenvalue weighted by molar-refractivity contribution is -0.121. The van der Waals surface area contributed by atoms with Gasteiger partial charge in [0, 0.05) is 55.7 Å². The summed E-state index contributed by atoms with van der Waals surface area (Å²) in [5.74, 6) is 1.90. The number of anilines is 2. The van der Waals surface area contributed by atoms with Gasteiger partial charge in [-0.2, -0.15) is 0 Å². The van der Waals surface area contributed by atoms with Crippen LogP contribution in [-0.2, 0) is 16.0 Å². The van der Waals surface area contributed by atoms with Crippen LogP contribution < -0.4 is 21.3 Å². The molecule has 1 heterocycles. The highest BCUT2D eigenvalue weighted by Crippen LogP contribution is 2.26. The number of aromatic nitrogens is 2. The second-order valence-electron chi connectivity index (χ2n) is 8.23. The van der Waals surface area contributed by atoms with Crippen molar-refractivity contribution < 1.29 is 14.7 Å². The highest BCUT2D eigenvalue weighted by atomic mass is 35.5. The summed E-state index contributed by atoms with van der Waals surface area (Å²) in [5, 5.41) is 22.2. The Morgan fingerprint density at radius 1 is 0.861 bits per heavy atom. The van der Waals surface area contributed by atoms with E-state index in [0.29, 0.717) is 61.5 Å². The summed E-state index contributed by atoms with van der Waals surface area (Å²) in [6.45, 7) is 5.27. The summed E-state index contributed by atoms with van der Waals surface area (Å²) in [5.41, 5.74) is 2.63. The number of rotatable bonds is 12. The first-order valence-corrected chi connectivity index (χ1v) is 12.1. The molecule has 0 aliphatic carbocycles. The smallest absolute Gasteiger partial charge is 0.220 e. The lowest BCUT2D eigenvalue weighted by atomic mass is 10.1. The van der Waals surface area contributed by atoms with E-state index < -0.39 is 0 Å². The molecule has 0 saturated heterocycles. The third kappa shape index (κ3) is 8.42. The van der Waals surface area contributed by atoms with Crippen molar-refractivity contribution in [3.8, 4) is 17.1 Å². The zero-order valence-corrected chi connectivity index (χ0v) is 21.2. The number of amides is 2. The minimum Gasteiger partial charge on any atom is -0.508 e. The fourth-order valence-corrected chi connectivity index (χ4v) is 3.53. The first-order valence-electron chi connectivity index (χ1n) is 11.7. The Hall–Kier alpha value is -3.85. The Labute approximate surface area is 215 Å². The number of halogens is 1. The second-order valence-corrected chi connectivity index (χ2v) is 8.67. The van der Waals surface area contributed by atoms with Gasteiger partial charge in [0.05, 0.1) is 0 Å². The quantitative estimate of drug-likeness (QED) is 0.236. The molecule has 0 bridgehead atoms. The molecule has 10 heteroatoms. The van der Waals surface area contributed by atoms with E-state index in [9.17, 15) is 14.7 Å². The van der Waals surface area contributed by atoms with Gasteiger partial charge in [0.2, 0.25) is 11.8 Å². The van der Waals surface area contributed by atoms with E-state index in [0.717, 1.165) is 16.7 Å². The molecule has 0 aliphatic rings. The predicted molar refractivity (Wildman–Crippen MR) is 142 cm³/mol. The number of aryl methyl sites for hydroxylation is 1. The van der Waals surface area contributed by atoms with Crippen molar-refractivity contribution in [2.24, 2.45) is 0 Å². The average molecular weight is 511 g/mol. The molecular formula is C26H31ClN6O3. The lowest BCUT2D eigenvalue weighted by Crippen LogP contribution is -2.29. The Bertz CT molecular complexity index is 1170. The number of phenols is 1. The third-order valence-corrected chi connectivity index (χ3v) is 5.61. The number of aromatic hydroxyl groups is 1. The monoisotopic (exact) mass is 510 g/mol. The molecule has 0 fully saturated rings. The first kappa shape index (κ1) is 26.7. The summed E-state index contributed by atoms with van der Waals surface area (Å²) < 4.78 is 0. The van der Waals surface area contributed by atoms with Crippen LogP contribution in [0.5, 0.6) is 5.75 Å². The van der Waals surface area contributed by atoms with Crippen LogP contribution >= 0.6 is 11.6 Å². The molecule has 0 atom stereocenters. The Balaban J connectivity index is 1.59. The highest BCUT2D eigenvalue weighted by Gasteiger charge is 2.13.